The number of benzene rings is 1. The van der Waals surface area contributed by atoms with E-state index >= 15 is 0 Å². The number of pyridine rings is 1. The number of rotatable bonds is 0. The summed E-state index contributed by atoms with van der Waals surface area (Å²) >= 11 is -0.0638. The molecular weight excluding hydrogens is 271 g/mol. The molecule has 1 aromatic carbocycles. The van der Waals surface area contributed by atoms with Crippen LogP contribution in [0, 0.1) is 11.3 Å². The van der Waals surface area contributed by atoms with E-state index in [0.717, 1.165) is 5.52 Å². The van der Waals surface area contributed by atoms with Gasteiger partial charge in [0.25, 0.3) is 0 Å². The van der Waals surface area contributed by atoms with Crippen LogP contribution in [0.4, 0.5) is 0 Å². The van der Waals surface area contributed by atoms with Crippen molar-refractivity contribution in [1.29, 1.82) is 5.26 Å². The number of H-pyrrole nitrogens is 1. The topological polar surface area (TPSA) is 82.4 Å². The van der Waals surface area contributed by atoms with Crippen molar-refractivity contribution in [3.8, 4) is 6.07 Å². The molecule has 76 valence electrons. The van der Waals surface area contributed by atoms with E-state index in [0.29, 0.717) is 16.4 Å². The average molecular weight is 275 g/mol. The zero-order valence-electron chi connectivity index (χ0n) is 7.89. The van der Waals surface area contributed by atoms with E-state index in [2.05, 4.69) is 12.9 Å². The first-order valence-electron chi connectivity index (χ1n) is 4.47. The fourth-order valence-electron chi connectivity index (χ4n) is 1.62. The summed E-state index contributed by atoms with van der Waals surface area (Å²) in [6, 6.07) is 5.43. The van der Waals surface area contributed by atoms with E-state index in [1.165, 1.54) is 6.20 Å². The van der Waals surface area contributed by atoms with E-state index in [-0.39, 0.29) is 26.0 Å². The maximum absolute atomic E-state index is 12.0. The van der Waals surface area contributed by atoms with Gasteiger partial charge in [-0.15, -0.1) is 0 Å². The molecule has 2 aromatic heterocycles. The molecule has 0 radical (unpaired) electrons. The van der Waals surface area contributed by atoms with Gasteiger partial charge < -0.3 is 0 Å². The fraction of sp³-hybridized carbons (Fsp3) is 0. The first-order valence-corrected chi connectivity index (χ1v) is 6.09. The van der Waals surface area contributed by atoms with E-state index in [1.54, 1.807) is 6.07 Å². The quantitative estimate of drug-likeness (QED) is 0.602. The summed E-state index contributed by atoms with van der Waals surface area (Å²) in [6.45, 7) is 0. The Labute approximate surface area is 95.6 Å². The molecule has 5 nitrogen and oxygen atoms in total. The Bertz CT molecular complexity index is 796. The van der Waals surface area contributed by atoms with Crippen molar-refractivity contribution in [2.45, 2.75) is 0 Å². The molecule has 1 N–H and O–H groups in total. The van der Waals surface area contributed by atoms with E-state index in [1.807, 2.05) is 12.1 Å². The molecule has 0 fully saturated rings. The summed E-state index contributed by atoms with van der Waals surface area (Å²) in [5, 5.41) is 9.27. The maximum atomic E-state index is 12.0. The van der Waals surface area contributed by atoms with Crippen LogP contribution in [0.5, 0.6) is 0 Å². The number of aromatic nitrogens is 3. The Morgan fingerprint density at radius 1 is 1.38 bits per heavy atom. The van der Waals surface area contributed by atoms with Crippen LogP contribution in [0.1, 0.15) is 5.56 Å². The van der Waals surface area contributed by atoms with Crippen molar-refractivity contribution in [3.63, 3.8) is 0 Å². The van der Waals surface area contributed by atoms with Crippen molar-refractivity contribution in [2.75, 3.05) is 0 Å². The van der Waals surface area contributed by atoms with E-state index in [9.17, 15) is 4.79 Å². The van der Waals surface area contributed by atoms with E-state index < -0.39 is 0 Å². The van der Waals surface area contributed by atoms with Crippen LogP contribution >= 0.6 is 0 Å². The summed E-state index contributed by atoms with van der Waals surface area (Å²) in [6.07, 6.45) is 1.31. The molecule has 16 heavy (non-hydrogen) atoms. The number of nitriles is 1. The van der Waals surface area contributed by atoms with Crippen molar-refractivity contribution in [1.82, 2.24) is 12.9 Å². The average Bonchev–Trinajstić information content (AvgIpc) is 2.77. The van der Waals surface area contributed by atoms with Crippen molar-refractivity contribution < 1.29 is 0 Å². The zero-order valence-corrected chi connectivity index (χ0v) is 9.60. The van der Waals surface area contributed by atoms with Crippen LogP contribution in [-0.4, -0.2) is 27.9 Å². The third-order valence-corrected chi connectivity index (χ3v) is 3.60. The number of aromatic amines is 1. The van der Waals surface area contributed by atoms with Gasteiger partial charge in [-0.3, -0.25) is 0 Å². The third kappa shape index (κ3) is 1.13. The van der Waals surface area contributed by atoms with Crippen molar-refractivity contribution in [2.24, 2.45) is 0 Å². The number of fused-ring (bicyclic) bond motifs is 3. The van der Waals surface area contributed by atoms with Gasteiger partial charge in [-0.1, -0.05) is 0 Å². The number of nitrogens with zero attached hydrogens (tertiary/aromatic N) is 3. The predicted octanol–water partition coefficient (Wildman–Crippen LogP) is 0.400. The van der Waals surface area contributed by atoms with Crippen LogP contribution in [-0.2, 0) is 0 Å². The SMILES string of the molecule is N#Cc1cnc2ccc3n[se][nH]c3c2c1=O. The summed E-state index contributed by atoms with van der Waals surface area (Å²) in [4.78, 5) is 16.1. The van der Waals surface area contributed by atoms with Gasteiger partial charge in [-0.2, -0.15) is 0 Å². The fourth-order valence-corrected chi connectivity index (χ4v) is 2.87. The number of hydrogen-bond acceptors (Lipinski definition) is 4. The Balaban J connectivity index is 2.67. The molecule has 0 aliphatic rings. The summed E-state index contributed by atoms with van der Waals surface area (Å²) in [7, 11) is 0. The molecule has 0 saturated carbocycles. The van der Waals surface area contributed by atoms with Crippen LogP contribution < -0.4 is 5.43 Å². The zero-order chi connectivity index (χ0) is 11.1. The van der Waals surface area contributed by atoms with Gasteiger partial charge in [-0.05, 0) is 0 Å². The van der Waals surface area contributed by atoms with Crippen molar-refractivity contribution in [3.05, 3.63) is 34.1 Å². The molecule has 0 amide bonds. The van der Waals surface area contributed by atoms with Gasteiger partial charge in [0.1, 0.15) is 0 Å². The Morgan fingerprint density at radius 2 is 2.19 bits per heavy atom. The normalized spacial score (nSPS) is 10.7. The molecular formula is C10H4N4OSe. The minimum atomic E-state index is -0.273. The van der Waals surface area contributed by atoms with Crippen LogP contribution in [0.15, 0.2) is 23.1 Å². The van der Waals surface area contributed by atoms with E-state index in [4.69, 9.17) is 5.26 Å². The molecule has 0 aliphatic heterocycles. The molecule has 0 atom stereocenters. The molecule has 0 unspecified atom stereocenters. The van der Waals surface area contributed by atoms with Crippen LogP contribution in [0.3, 0.4) is 0 Å². The summed E-state index contributed by atoms with van der Waals surface area (Å²) < 4.78 is 7.33. The standard InChI is InChI=1S/C10H4N4OSe/c11-3-5-4-12-6-1-2-7-9(14-16-13-7)8(6)10(5)15/h1-2,4,14H. The molecule has 0 spiro atoms. The molecule has 0 bridgehead atoms. The second kappa shape index (κ2) is 3.27. The third-order valence-electron chi connectivity index (χ3n) is 2.38. The molecule has 3 rings (SSSR count). The van der Waals surface area contributed by atoms with Gasteiger partial charge >= 0.3 is 95.3 Å². The second-order valence-corrected chi connectivity index (χ2v) is 4.45. The predicted molar refractivity (Wildman–Crippen MR) is 59.3 cm³/mol. The van der Waals surface area contributed by atoms with Crippen molar-refractivity contribution >= 4 is 36.9 Å². The number of hydrogen-bond donors (Lipinski definition) is 1. The Kier molecular flexibility index (Phi) is 1.90. The summed E-state index contributed by atoms with van der Waals surface area (Å²) in [5.74, 6) is 0. The molecule has 6 heteroatoms. The molecule has 0 aliphatic carbocycles. The minimum absolute atomic E-state index is 0.0638. The van der Waals surface area contributed by atoms with Gasteiger partial charge in [0, 0.05) is 0 Å². The second-order valence-electron chi connectivity index (χ2n) is 3.25. The van der Waals surface area contributed by atoms with Gasteiger partial charge in [0.2, 0.25) is 0 Å². The molecule has 3 aromatic rings. The summed E-state index contributed by atoms with van der Waals surface area (Å²) in [5.41, 5.74) is 1.89. The molecule has 0 saturated heterocycles. The van der Waals surface area contributed by atoms with Gasteiger partial charge in [0.05, 0.1) is 0 Å². The monoisotopic (exact) mass is 276 g/mol. The van der Waals surface area contributed by atoms with Crippen LogP contribution in [0.25, 0.3) is 21.9 Å². The Hall–Kier alpha value is -1.96. The first kappa shape index (κ1) is 9.28. The van der Waals surface area contributed by atoms with Gasteiger partial charge in [-0.25, -0.2) is 0 Å². The van der Waals surface area contributed by atoms with Gasteiger partial charge in [0.15, 0.2) is 0 Å². The number of nitrogens with one attached hydrogen (secondary N) is 1. The molecule has 2 heterocycles. The Morgan fingerprint density at radius 3 is 3.00 bits per heavy atom. The van der Waals surface area contributed by atoms with Crippen LogP contribution in [0.2, 0.25) is 0 Å². The first-order chi connectivity index (χ1) is 7.81.